The predicted molar refractivity (Wildman–Crippen MR) is 79.4 cm³/mol. The van der Waals surface area contributed by atoms with Crippen molar-refractivity contribution in [3.63, 3.8) is 0 Å². The number of likely N-dealkylation sites (N-methyl/N-ethyl adjacent to an activating group) is 1. The second-order valence-electron chi connectivity index (χ2n) is 5.99. The zero-order chi connectivity index (χ0) is 13.0. The first-order chi connectivity index (χ1) is 9.24. The van der Waals surface area contributed by atoms with Gasteiger partial charge in [0.15, 0.2) is 0 Å². The van der Waals surface area contributed by atoms with Crippen LogP contribution in [0.15, 0.2) is 36.4 Å². The average Bonchev–Trinajstić information content (AvgIpc) is 2.43. The normalized spacial score (nSPS) is 20.8. The van der Waals surface area contributed by atoms with Crippen LogP contribution in [0.4, 0.5) is 0 Å². The van der Waals surface area contributed by atoms with Gasteiger partial charge in [0, 0.05) is 12.6 Å². The molecule has 0 spiro atoms. The van der Waals surface area contributed by atoms with E-state index in [1.54, 1.807) is 11.1 Å². The molecule has 0 aromatic heterocycles. The zero-order valence-electron chi connectivity index (χ0n) is 11.6. The fourth-order valence-electron chi connectivity index (χ4n) is 3.72. The largest absolute Gasteiger partial charge is 0.299 e. The van der Waals surface area contributed by atoms with Gasteiger partial charge in [0.2, 0.25) is 0 Å². The van der Waals surface area contributed by atoms with Gasteiger partial charge in [-0.15, -0.1) is 0 Å². The Bertz CT molecular complexity index is 657. The Morgan fingerprint density at radius 3 is 2.84 bits per heavy atom. The van der Waals surface area contributed by atoms with Gasteiger partial charge >= 0.3 is 0 Å². The number of rotatable bonds is 0. The van der Waals surface area contributed by atoms with E-state index in [4.69, 9.17) is 0 Å². The molecule has 0 fully saturated rings. The van der Waals surface area contributed by atoms with Gasteiger partial charge < -0.3 is 0 Å². The monoisotopic (exact) mass is 249 g/mol. The summed E-state index contributed by atoms with van der Waals surface area (Å²) in [6, 6.07) is 14.4. The first-order valence-corrected chi connectivity index (χ1v) is 7.16. The van der Waals surface area contributed by atoms with Crippen LogP contribution in [0.2, 0.25) is 0 Å². The predicted octanol–water partition coefficient (Wildman–Crippen LogP) is 3.75. The summed E-state index contributed by atoms with van der Waals surface area (Å²) >= 11 is 0. The number of fused-ring (bicyclic) bond motifs is 2. The Balaban J connectivity index is 2.02. The summed E-state index contributed by atoms with van der Waals surface area (Å²) < 4.78 is 0. The molecule has 1 heteroatoms. The molecule has 96 valence electrons. The Kier molecular flexibility index (Phi) is 2.33. The summed E-state index contributed by atoms with van der Waals surface area (Å²) in [4.78, 5) is 2.52. The molecule has 0 N–H and O–H groups in total. The molecule has 1 aliphatic heterocycles. The van der Waals surface area contributed by atoms with Gasteiger partial charge in [-0.05, 0) is 54.6 Å². The molecule has 2 aromatic carbocycles. The maximum Gasteiger partial charge on any atom is 0.0394 e. The van der Waals surface area contributed by atoms with Crippen LogP contribution in [0.3, 0.4) is 0 Å². The van der Waals surface area contributed by atoms with Gasteiger partial charge in [0.05, 0.1) is 0 Å². The molecule has 0 amide bonds. The fourth-order valence-corrected chi connectivity index (χ4v) is 3.72. The van der Waals surface area contributed by atoms with Gasteiger partial charge in [-0.1, -0.05) is 42.0 Å². The molecule has 19 heavy (non-hydrogen) atoms. The molecule has 0 unspecified atom stereocenters. The third-order valence-corrected chi connectivity index (χ3v) is 4.76. The lowest BCUT2D eigenvalue weighted by molar-refractivity contribution is 0.228. The average molecular weight is 249 g/mol. The van der Waals surface area contributed by atoms with E-state index in [-0.39, 0.29) is 0 Å². The van der Waals surface area contributed by atoms with Crippen LogP contribution < -0.4 is 0 Å². The summed E-state index contributed by atoms with van der Waals surface area (Å²) in [5.41, 5.74) is 8.96. The molecule has 0 saturated heterocycles. The highest BCUT2D eigenvalue weighted by atomic mass is 15.1. The van der Waals surface area contributed by atoms with Crippen molar-refractivity contribution < 1.29 is 0 Å². The third-order valence-electron chi connectivity index (χ3n) is 4.76. The Hall–Kier alpha value is -1.60. The molecule has 1 aliphatic carbocycles. The maximum atomic E-state index is 2.52. The van der Waals surface area contributed by atoms with E-state index < -0.39 is 0 Å². The van der Waals surface area contributed by atoms with Crippen molar-refractivity contribution in [3.05, 3.63) is 58.7 Å². The number of aryl methyl sites for hydroxylation is 1. The van der Waals surface area contributed by atoms with Crippen molar-refractivity contribution in [1.82, 2.24) is 4.90 Å². The number of hydrogen-bond acceptors (Lipinski definition) is 1. The molecule has 0 bridgehead atoms. The Morgan fingerprint density at radius 2 is 1.95 bits per heavy atom. The number of nitrogens with zero attached hydrogens (tertiary/aromatic N) is 1. The molecule has 4 rings (SSSR count). The smallest absolute Gasteiger partial charge is 0.0394 e. The van der Waals surface area contributed by atoms with Gasteiger partial charge in [-0.25, -0.2) is 0 Å². The summed E-state index contributed by atoms with van der Waals surface area (Å²) in [6.45, 7) is 3.37. The number of hydrogen-bond donors (Lipinski definition) is 0. The molecule has 0 saturated carbocycles. The van der Waals surface area contributed by atoms with E-state index in [0.29, 0.717) is 6.04 Å². The maximum absolute atomic E-state index is 2.52. The lowest BCUT2D eigenvalue weighted by Gasteiger charge is -2.39. The first kappa shape index (κ1) is 11.2. The Morgan fingerprint density at radius 1 is 1.05 bits per heavy atom. The van der Waals surface area contributed by atoms with E-state index in [1.807, 2.05) is 0 Å². The summed E-state index contributed by atoms with van der Waals surface area (Å²) in [5.74, 6) is 0. The highest BCUT2D eigenvalue weighted by molar-refractivity contribution is 5.76. The van der Waals surface area contributed by atoms with E-state index in [1.165, 1.54) is 35.2 Å². The molecular formula is C18H19N. The second kappa shape index (κ2) is 3.94. The highest BCUT2D eigenvalue weighted by Gasteiger charge is 2.32. The van der Waals surface area contributed by atoms with E-state index >= 15 is 0 Å². The first-order valence-electron chi connectivity index (χ1n) is 7.16. The minimum absolute atomic E-state index is 0.579. The van der Waals surface area contributed by atoms with Crippen LogP contribution in [-0.4, -0.2) is 18.5 Å². The quantitative estimate of drug-likeness (QED) is 0.687. The SMILES string of the molecule is Cc1ccc2c(c1)-c1cccc3c1[C@H](C2)N(C)CC3. The topological polar surface area (TPSA) is 3.24 Å². The molecule has 0 radical (unpaired) electrons. The van der Waals surface area contributed by atoms with E-state index in [9.17, 15) is 0 Å². The van der Waals surface area contributed by atoms with Crippen LogP contribution in [0.25, 0.3) is 11.1 Å². The van der Waals surface area contributed by atoms with Crippen molar-refractivity contribution in [1.29, 1.82) is 0 Å². The third kappa shape index (κ3) is 1.58. The van der Waals surface area contributed by atoms with Crippen LogP contribution >= 0.6 is 0 Å². The van der Waals surface area contributed by atoms with E-state index in [2.05, 4.69) is 55.3 Å². The minimum atomic E-state index is 0.579. The fraction of sp³-hybridized carbons (Fsp3) is 0.333. The summed E-state index contributed by atoms with van der Waals surface area (Å²) in [5, 5.41) is 0. The highest BCUT2D eigenvalue weighted by Crippen LogP contribution is 2.44. The summed E-state index contributed by atoms with van der Waals surface area (Å²) in [7, 11) is 2.27. The Labute approximate surface area is 114 Å². The zero-order valence-corrected chi connectivity index (χ0v) is 11.6. The standard InChI is InChI=1S/C18H19N/c1-12-6-7-14-11-17-18-13(8-9-19(17)2)4-3-5-15(18)16(14)10-12/h3-7,10,17H,8-9,11H2,1-2H3/t17-/m0/s1. The van der Waals surface area contributed by atoms with E-state index in [0.717, 1.165) is 6.42 Å². The van der Waals surface area contributed by atoms with Crippen LogP contribution in [-0.2, 0) is 12.8 Å². The molecule has 1 heterocycles. The van der Waals surface area contributed by atoms with Crippen molar-refractivity contribution in [2.45, 2.75) is 25.8 Å². The van der Waals surface area contributed by atoms with Crippen molar-refractivity contribution in [2.75, 3.05) is 13.6 Å². The molecule has 2 aliphatic rings. The molecular weight excluding hydrogens is 230 g/mol. The van der Waals surface area contributed by atoms with Crippen molar-refractivity contribution in [2.24, 2.45) is 0 Å². The van der Waals surface area contributed by atoms with Crippen LogP contribution in [0.1, 0.15) is 28.3 Å². The molecule has 2 aromatic rings. The van der Waals surface area contributed by atoms with Crippen molar-refractivity contribution >= 4 is 0 Å². The molecule has 1 nitrogen and oxygen atoms in total. The summed E-state index contributed by atoms with van der Waals surface area (Å²) in [6.07, 6.45) is 2.35. The minimum Gasteiger partial charge on any atom is -0.299 e. The van der Waals surface area contributed by atoms with Gasteiger partial charge in [-0.3, -0.25) is 4.90 Å². The lowest BCUT2D eigenvalue weighted by Crippen LogP contribution is -2.35. The van der Waals surface area contributed by atoms with Gasteiger partial charge in [0.25, 0.3) is 0 Å². The second-order valence-corrected chi connectivity index (χ2v) is 5.99. The van der Waals surface area contributed by atoms with Gasteiger partial charge in [0.1, 0.15) is 0 Å². The number of benzene rings is 2. The van der Waals surface area contributed by atoms with Gasteiger partial charge in [-0.2, -0.15) is 0 Å². The van der Waals surface area contributed by atoms with Crippen LogP contribution in [0.5, 0.6) is 0 Å². The van der Waals surface area contributed by atoms with Crippen molar-refractivity contribution in [3.8, 4) is 11.1 Å². The lowest BCUT2D eigenvalue weighted by atomic mass is 9.77. The van der Waals surface area contributed by atoms with Crippen LogP contribution in [0, 0.1) is 6.92 Å². The molecule has 1 atom stereocenters.